The van der Waals surface area contributed by atoms with E-state index in [0.717, 1.165) is 25.2 Å². The quantitative estimate of drug-likeness (QED) is 0.781. The molecule has 3 nitrogen and oxygen atoms in total. The predicted octanol–water partition coefficient (Wildman–Crippen LogP) is 3.96. The van der Waals surface area contributed by atoms with Crippen LogP contribution in [0.1, 0.15) is 43.5 Å². The zero-order chi connectivity index (χ0) is 14.7. The van der Waals surface area contributed by atoms with Gasteiger partial charge in [0.25, 0.3) is 0 Å². The Balaban J connectivity index is 2.20. The van der Waals surface area contributed by atoms with Gasteiger partial charge in [-0.3, -0.25) is 4.79 Å². The Bertz CT molecular complexity index is 481. The maximum atomic E-state index is 12.7. The Morgan fingerprint density at radius 3 is 2.45 bits per heavy atom. The molecule has 0 heterocycles. The number of Topliss-reactive ketones (excluding diaryl/α,β-unsaturated/α-hetero) is 1. The summed E-state index contributed by atoms with van der Waals surface area (Å²) < 4.78 is 10.5. The number of rotatable bonds is 4. The number of benzene rings is 1. The summed E-state index contributed by atoms with van der Waals surface area (Å²) >= 11 is 0. The third-order valence-corrected chi connectivity index (χ3v) is 4.64. The third kappa shape index (κ3) is 2.97. The Morgan fingerprint density at radius 2 is 1.85 bits per heavy atom. The summed E-state index contributed by atoms with van der Waals surface area (Å²) in [6.07, 6.45) is 3.10. The molecule has 0 amide bonds. The van der Waals surface area contributed by atoms with Crippen LogP contribution in [-0.4, -0.2) is 20.0 Å². The zero-order valence-corrected chi connectivity index (χ0v) is 12.8. The van der Waals surface area contributed by atoms with Gasteiger partial charge < -0.3 is 9.47 Å². The van der Waals surface area contributed by atoms with E-state index in [-0.39, 0.29) is 11.7 Å². The van der Waals surface area contributed by atoms with E-state index < -0.39 is 0 Å². The first kappa shape index (κ1) is 14.9. The van der Waals surface area contributed by atoms with Crippen LogP contribution < -0.4 is 9.47 Å². The Kier molecular flexibility index (Phi) is 4.69. The first-order valence-corrected chi connectivity index (χ1v) is 7.33. The minimum atomic E-state index is 0.128. The first-order valence-electron chi connectivity index (χ1n) is 7.33. The molecule has 1 fully saturated rings. The number of methoxy groups -OCH3 is 2. The van der Waals surface area contributed by atoms with Crippen LogP contribution in [0.2, 0.25) is 0 Å². The molecule has 0 bridgehead atoms. The minimum absolute atomic E-state index is 0.128. The van der Waals surface area contributed by atoms with Crippen LogP contribution in [0.15, 0.2) is 18.2 Å². The van der Waals surface area contributed by atoms with Gasteiger partial charge >= 0.3 is 0 Å². The Labute approximate surface area is 121 Å². The van der Waals surface area contributed by atoms with Gasteiger partial charge in [-0.25, -0.2) is 0 Å². The summed E-state index contributed by atoms with van der Waals surface area (Å²) in [6.45, 7) is 4.52. The summed E-state index contributed by atoms with van der Waals surface area (Å²) in [5.74, 6) is 3.00. The topological polar surface area (TPSA) is 35.5 Å². The highest BCUT2D eigenvalue weighted by atomic mass is 16.5. The number of ketones is 1. The van der Waals surface area contributed by atoms with Gasteiger partial charge in [0.15, 0.2) is 5.78 Å². The molecule has 0 aliphatic heterocycles. The standard InChI is InChI=1S/C17H24O3/c1-11-5-6-13(9-12(11)2)17(18)15-8-7-14(19-3)10-16(15)20-4/h7-8,10-13H,5-6,9H2,1-4H3. The Hall–Kier alpha value is -1.51. The molecule has 3 heteroatoms. The van der Waals surface area contributed by atoms with E-state index >= 15 is 0 Å². The fourth-order valence-corrected chi connectivity index (χ4v) is 3.01. The number of carbonyl (C=O) groups excluding carboxylic acids is 1. The molecule has 1 aromatic rings. The summed E-state index contributed by atoms with van der Waals surface area (Å²) in [5, 5.41) is 0. The predicted molar refractivity (Wildman–Crippen MR) is 79.5 cm³/mol. The van der Waals surface area contributed by atoms with Gasteiger partial charge in [-0.05, 0) is 43.2 Å². The second-order valence-corrected chi connectivity index (χ2v) is 5.90. The molecule has 0 N–H and O–H groups in total. The van der Waals surface area contributed by atoms with Crippen molar-refractivity contribution in [1.82, 2.24) is 0 Å². The van der Waals surface area contributed by atoms with Gasteiger partial charge in [0.1, 0.15) is 11.5 Å². The van der Waals surface area contributed by atoms with Crippen LogP contribution in [0.4, 0.5) is 0 Å². The highest BCUT2D eigenvalue weighted by Gasteiger charge is 2.30. The highest BCUT2D eigenvalue weighted by molar-refractivity contribution is 6.00. The maximum Gasteiger partial charge on any atom is 0.169 e. The fraction of sp³-hybridized carbons (Fsp3) is 0.588. The highest BCUT2D eigenvalue weighted by Crippen LogP contribution is 2.37. The molecule has 0 saturated heterocycles. The van der Waals surface area contributed by atoms with E-state index in [1.54, 1.807) is 20.3 Å². The third-order valence-electron chi connectivity index (χ3n) is 4.64. The van der Waals surface area contributed by atoms with Crippen molar-refractivity contribution in [2.24, 2.45) is 17.8 Å². The van der Waals surface area contributed by atoms with Crippen molar-refractivity contribution >= 4 is 5.78 Å². The minimum Gasteiger partial charge on any atom is -0.497 e. The van der Waals surface area contributed by atoms with E-state index in [4.69, 9.17) is 9.47 Å². The molecule has 0 aromatic heterocycles. The SMILES string of the molecule is COc1ccc(C(=O)C2CCC(C)C(C)C2)c(OC)c1. The second kappa shape index (κ2) is 6.29. The average molecular weight is 276 g/mol. The molecule has 0 radical (unpaired) electrons. The number of carbonyl (C=O) groups is 1. The normalized spacial score (nSPS) is 26.1. The van der Waals surface area contributed by atoms with Crippen molar-refractivity contribution < 1.29 is 14.3 Å². The lowest BCUT2D eigenvalue weighted by Gasteiger charge is -2.31. The van der Waals surface area contributed by atoms with Crippen molar-refractivity contribution in [2.75, 3.05) is 14.2 Å². The zero-order valence-electron chi connectivity index (χ0n) is 12.8. The molecule has 3 unspecified atom stereocenters. The largest absolute Gasteiger partial charge is 0.497 e. The van der Waals surface area contributed by atoms with Crippen LogP contribution in [-0.2, 0) is 0 Å². The van der Waals surface area contributed by atoms with E-state index in [0.29, 0.717) is 23.0 Å². The van der Waals surface area contributed by atoms with Gasteiger partial charge in [-0.15, -0.1) is 0 Å². The Morgan fingerprint density at radius 1 is 1.10 bits per heavy atom. The number of ether oxygens (including phenoxy) is 2. The van der Waals surface area contributed by atoms with E-state index in [2.05, 4.69) is 13.8 Å². The number of hydrogen-bond acceptors (Lipinski definition) is 3. The van der Waals surface area contributed by atoms with Gasteiger partial charge in [0.05, 0.1) is 19.8 Å². The number of hydrogen-bond donors (Lipinski definition) is 0. The maximum absolute atomic E-state index is 12.7. The van der Waals surface area contributed by atoms with E-state index in [1.165, 1.54) is 0 Å². The summed E-state index contributed by atoms with van der Waals surface area (Å²) in [5.41, 5.74) is 0.681. The van der Waals surface area contributed by atoms with Crippen molar-refractivity contribution in [3.63, 3.8) is 0 Å². The second-order valence-electron chi connectivity index (χ2n) is 5.90. The van der Waals surface area contributed by atoms with Gasteiger partial charge in [0.2, 0.25) is 0 Å². The average Bonchev–Trinajstić information content (AvgIpc) is 2.48. The lowest BCUT2D eigenvalue weighted by atomic mass is 9.73. The summed E-state index contributed by atoms with van der Waals surface area (Å²) in [7, 11) is 3.21. The molecular formula is C17H24O3. The van der Waals surface area contributed by atoms with E-state index in [1.807, 2.05) is 12.1 Å². The lowest BCUT2D eigenvalue weighted by molar-refractivity contribution is 0.0834. The van der Waals surface area contributed by atoms with Crippen LogP contribution >= 0.6 is 0 Å². The van der Waals surface area contributed by atoms with Crippen LogP contribution in [0.5, 0.6) is 11.5 Å². The molecule has 1 aliphatic rings. The van der Waals surface area contributed by atoms with Gasteiger partial charge in [0, 0.05) is 12.0 Å². The molecular weight excluding hydrogens is 252 g/mol. The monoisotopic (exact) mass is 276 g/mol. The molecule has 2 rings (SSSR count). The fourth-order valence-electron chi connectivity index (χ4n) is 3.01. The molecule has 1 aliphatic carbocycles. The van der Waals surface area contributed by atoms with Crippen LogP contribution in [0.25, 0.3) is 0 Å². The summed E-state index contributed by atoms with van der Waals surface area (Å²) in [4.78, 5) is 12.7. The molecule has 110 valence electrons. The van der Waals surface area contributed by atoms with Crippen molar-refractivity contribution in [3.05, 3.63) is 23.8 Å². The van der Waals surface area contributed by atoms with Crippen molar-refractivity contribution in [2.45, 2.75) is 33.1 Å². The lowest BCUT2D eigenvalue weighted by Crippen LogP contribution is -2.26. The van der Waals surface area contributed by atoms with Crippen molar-refractivity contribution in [1.29, 1.82) is 0 Å². The van der Waals surface area contributed by atoms with Crippen LogP contribution in [0.3, 0.4) is 0 Å². The van der Waals surface area contributed by atoms with Crippen molar-refractivity contribution in [3.8, 4) is 11.5 Å². The molecule has 1 saturated carbocycles. The van der Waals surface area contributed by atoms with Gasteiger partial charge in [-0.2, -0.15) is 0 Å². The summed E-state index contributed by atoms with van der Waals surface area (Å²) in [6, 6.07) is 5.43. The molecule has 3 atom stereocenters. The van der Waals surface area contributed by atoms with Crippen LogP contribution in [0, 0.1) is 17.8 Å². The van der Waals surface area contributed by atoms with Gasteiger partial charge in [-0.1, -0.05) is 13.8 Å². The molecule has 1 aromatic carbocycles. The smallest absolute Gasteiger partial charge is 0.169 e. The molecule has 20 heavy (non-hydrogen) atoms. The molecule has 0 spiro atoms. The first-order chi connectivity index (χ1) is 9.56. The van der Waals surface area contributed by atoms with E-state index in [9.17, 15) is 4.79 Å².